The van der Waals surface area contributed by atoms with Crippen molar-refractivity contribution in [2.75, 3.05) is 17.2 Å². The monoisotopic (exact) mass is 436 g/mol. The van der Waals surface area contributed by atoms with Crippen LogP contribution in [0.2, 0.25) is 0 Å². The minimum absolute atomic E-state index is 0.0658. The Labute approximate surface area is 173 Å². The molecule has 1 aliphatic carbocycles. The molecule has 0 radical (unpaired) electrons. The van der Waals surface area contributed by atoms with Crippen LogP contribution in [-0.4, -0.2) is 47.9 Å². The van der Waals surface area contributed by atoms with Gasteiger partial charge >= 0.3 is 0 Å². The van der Waals surface area contributed by atoms with Gasteiger partial charge in [0.15, 0.2) is 0 Å². The van der Waals surface area contributed by atoms with Gasteiger partial charge in [-0.05, 0) is 31.4 Å². The number of nitrogens with one attached hydrogen (secondary N) is 1. The highest BCUT2D eigenvalue weighted by Crippen LogP contribution is 2.45. The summed E-state index contributed by atoms with van der Waals surface area (Å²) in [5.41, 5.74) is 2.07. The van der Waals surface area contributed by atoms with Gasteiger partial charge in [0.05, 0.1) is 23.6 Å². The minimum atomic E-state index is -3.28. The Bertz CT molecular complexity index is 1130. The quantitative estimate of drug-likeness (QED) is 0.765. The van der Waals surface area contributed by atoms with Crippen molar-refractivity contribution in [2.45, 2.75) is 50.3 Å². The number of aliphatic hydroxyl groups excluding tert-OH is 1. The molecule has 3 heterocycles. The zero-order valence-electron chi connectivity index (χ0n) is 16.3. The third-order valence-electron chi connectivity index (χ3n) is 6.28. The van der Waals surface area contributed by atoms with Gasteiger partial charge in [0, 0.05) is 30.1 Å². The maximum Gasteiger partial charge on any atom is 0.290 e. The second-order valence-corrected chi connectivity index (χ2v) is 10.1. The molecule has 1 aromatic carbocycles. The SMILES string of the molecule is C[C@H]1[C@H](O)CN1c1nc(-c2cccc([C@@H]3CCS(=O)(=O)N3)c2)c2c(n1)C(F)(F)CC2. The number of sulfonamides is 1. The van der Waals surface area contributed by atoms with Crippen LogP contribution in [0.1, 0.15) is 42.6 Å². The summed E-state index contributed by atoms with van der Waals surface area (Å²) in [4.78, 5) is 10.5. The maximum atomic E-state index is 14.5. The summed E-state index contributed by atoms with van der Waals surface area (Å²) in [6.45, 7) is 2.10. The van der Waals surface area contributed by atoms with Crippen LogP contribution in [0.5, 0.6) is 0 Å². The fraction of sp³-hybridized carbons (Fsp3) is 0.500. The number of fused-ring (bicyclic) bond motifs is 1. The van der Waals surface area contributed by atoms with E-state index in [4.69, 9.17) is 0 Å². The molecular formula is C20H22F2N4O3S. The first-order valence-corrected chi connectivity index (χ1v) is 11.6. The lowest BCUT2D eigenvalue weighted by molar-refractivity contribution is -0.00603. The van der Waals surface area contributed by atoms with Crippen molar-refractivity contribution in [1.82, 2.24) is 14.7 Å². The first-order chi connectivity index (χ1) is 14.1. The van der Waals surface area contributed by atoms with Crippen molar-refractivity contribution < 1.29 is 22.3 Å². The number of nitrogens with zero attached hydrogens (tertiary/aromatic N) is 3. The van der Waals surface area contributed by atoms with Crippen molar-refractivity contribution in [3.8, 4) is 11.3 Å². The van der Waals surface area contributed by atoms with E-state index in [1.165, 1.54) is 0 Å². The van der Waals surface area contributed by atoms with Crippen molar-refractivity contribution in [3.63, 3.8) is 0 Å². The molecule has 0 spiro atoms. The van der Waals surface area contributed by atoms with Gasteiger partial charge < -0.3 is 10.0 Å². The van der Waals surface area contributed by atoms with E-state index >= 15 is 0 Å². The molecule has 2 aliphatic heterocycles. The number of rotatable bonds is 3. The Hall–Kier alpha value is -2.17. The third-order valence-corrected chi connectivity index (χ3v) is 7.70. The molecule has 2 fully saturated rings. The summed E-state index contributed by atoms with van der Waals surface area (Å²) in [5, 5.41) is 9.83. The zero-order chi connectivity index (χ0) is 21.3. The van der Waals surface area contributed by atoms with Crippen LogP contribution in [0.25, 0.3) is 11.3 Å². The van der Waals surface area contributed by atoms with Gasteiger partial charge in [0.2, 0.25) is 16.0 Å². The van der Waals surface area contributed by atoms with Gasteiger partial charge in [0.1, 0.15) is 5.69 Å². The molecule has 2 aromatic rings. The number of β-amino-alcohol motifs (C(OH)–C–C–N with tert-alkyl or cyclic N) is 1. The maximum absolute atomic E-state index is 14.5. The summed E-state index contributed by atoms with van der Waals surface area (Å²) in [7, 11) is -3.28. The van der Waals surface area contributed by atoms with Crippen LogP contribution >= 0.6 is 0 Å². The molecule has 0 amide bonds. The van der Waals surface area contributed by atoms with E-state index in [1.807, 2.05) is 12.1 Å². The van der Waals surface area contributed by atoms with Gasteiger partial charge in [0.25, 0.3) is 5.92 Å². The van der Waals surface area contributed by atoms with Crippen molar-refractivity contribution in [1.29, 1.82) is 0 Å². The van der Waals surface area contributed by atoms with Crippen LogP contribution in [0.3, 0.4) is 0 Å². The zero-order valence-corrected chi connectivity index (χ0v) is 17.2. The summed E-state index contributed by atoms with van der Waals surface area (Å²) in [6, 6.07) is 6.64. The van der Waals surface area contributed by atoms with Crippen LogP contribution in [0.15, 0.2) is 24.3 Å². The average molecular weight is 436 g/mol. The van der Waals surface area contributed by atoms with E-state index in [2.05, 4.69) is 14.7 Å². The topological polar surface area (TPSA) is 95.4 Å². The Morgan fingerprint density at radius 2 is 2.10 bits per heavy atom. The van der Waals surface area contributed by atoms with E-state index in [-0.39, 0.29) is 42.3 Å². The van der Waals surface area contributed by atoms with Crippen molar-refractivity contribution >= 4 is 16.0 Å². The van der Waals surface area contributed by atoms with Crippen LogP contribution in [0.4, 0.5) is 14.7 Å². The van der Waals surface area contributed by atoms with Gasteiger partial charge in [-0.25, -0.2) is 23.1 Å². The number of alkyl halides is 2. The van der Waals surface area contributed by atoms with Gasteiger partial charge in [-0.15, -0.1) is 0 Å². The fourth-order valence-corrected chi connectivity index (χ4v) is 5.73. The highest BCUT2D eigenvalue weighted by atomic mass is 32.2. The molecule has 3 atom stereocenters. The summed E-state index contributed by atoms with van der Waals surface area (Å²) in [6.07, 6.45) is -0.214. The first-order valence-electron chi connectivity index (χ1n) is 9.99. The average Bonchev–Trinajstić information content (AvgIpc) is 3.24. The lowest BCUT2D eigenvalue weighted by atomic mass is 9.98. The first kappa shape index (κ1) is 19.8. The van der Waals surface area contributed by atoms with E-state index in [0.717, 1.165) is 5.56 Å². The van der Waals surface area contributed by atoms with Gasteiger partial charge in [-0.2, -0.15) is 8.78 Å². The Balaban J connectivity index is 1.59. The molecule has 5 rings (SSSR count). The lowest BCUT2D eigenvalue weighted by Gasteiger charge is -2.43. The molecule has 2 saturated heterocycles. The second kappa shape index (κ2) is 6.66. The number of halogens is 2. The fourth-order valence-electron chi connectivity index (χ4n) is 4.38. The Morgan fingerprint density at radius 1 is 1.30 bits per heavy atom. The van der Waals surface area contributed by atoms with Crippen LogP contribution in [-0.2, 0) is 22.4 Å². The highest BCUT2D eigenvalue weighted by molar-refractivity contribution is 7.89. The van der Waals surface area contributed by atoms with E-state index in [9.17, 15) is 22.3 Å². The van der Waals surface area contributed by atoms with E-state index in [0.29, 0.717) is 29.8 Å². The number of benzene rings is 1. The molecule has 2 N–H and O–H groups in total. The van der Waals surface area contributed by atoms with Gasteiger partial charge in [-0.1, -0.05) is 18.2 Å². The largest absolute Gasteiger partial charge is 0.389 e. The van der Waals surface area contributed by atoms with Crippen LogP contribution < -0.4 is 9.62 Å². The number of anilines is 1. The molecule has 0 unspecified atom stereocenters. The van der Waals surface area contributed by atoms with Crippen LogP contribution in [0, 0.1) is 0 Å². The minimum Gasteiger partial charge on any atom is -0.389 e. The highest BCUT2D eigenvalue weighted by Gasteiger charge is 2.45. The number of hydrogen-bond acceptors (Lipinski definition) is 6. The normalized spacial score (nSPS) is 28.9. The van der Waals surface area contributed by atoms with Crippen molar-refractivity contribution in [3.05, 3.63) is 41.1 Å². The Morgan fingerprint density at radius 3 is 2.77 bits per heavy atom. The Kier molecular flexibility index (Phi) is 4.39. The molecule has 7 nitrogen and oxygen atoms in total. The number of aliphatic hydroxyl groups is 1. The van der Waals surface area contributed by atoms with E-state index in [1.54, 1.807) is 24.0 Å². The van der Waals surface area contributed by atoms with Gasteiger partial charge in [-0.3, -0.25) is 0 Å². The predicted molar refractivity (Wildman–Crippen MR) is 107 cm³/mol. The molecular weight excluding hydrogens is 414 g/mol. The molecule has 3 aliphatic rings. The lowest BCUT2D eigenvalue weighted by Crippen LogP contribution is -2.59. The number of hydrogen-bond donors (Lipinski definition) is 2. The van der Waals surface area contributed by atoms with E-state index < -0.39 is 22.0 Å². The molecule has 160 valence electrons. The number of aromatic nitrogens is 2. The molecule has 1 aromatic heterocycles. The second-order valence-electron chi connectivity index (χ2n) is 8.27. The molecule has 0 bridgehead atoms. The van der Waals surface area contributed by atoms with Crippen molar-refractivity contribution in [2.24, 2.45) is 0 Å². The standard InChI is InChI=1S/C20H22F2N4O3S/c1-11-16(27)10-26(11)19-23-17(14-5-7-20(21,22)18(14)24-19)13-4-2-3-12(9-13)15-6-8-30(28,29)25-15/h2-4,9,11,15-16,25,27H,5-8,10H2,1H3/t11-,15-,16+/m0/s1. The summed E-state index contributed by atoms with van der Waals surface area (Å²) in [5.74, 6) is -2.76. The predicted octanol–water partition coefficient (Wildman–Crippen LogP) is 2.12. The smallest absolute Gasteiger partial charge is 0.290 e. The summed E-state index contributed by atoms with van der Waals surface area (Å²) < 4.78 is 55.3. The molecule has 30 heavy (non-hydrogen) atoms. The molecule has 0 saturated carbocycles. The third kappa shape index (κ3) is 3.17. The molecule has 10 heteroatoms. The summed E-state index contributed by atoms with van der Waals surface area (Å²) >= 11 is 0.